The normalized spacial score (nSPS) is 21.1. The average Bonchev–Trinajstić information content (AvgIpc) is 2.15. The molecule has 0 N–H and O–H groups in total. The van der Waals surface area contributed by atoms with Crippen molar-refractivity contribution < 1.29 is 0 Å². The Bertz CT molecular complexity index is 164. The molecule has 0 aromatic carbocycles. The second-order valence-electron chi connectivity index (χ2n) is 4.64. The fraction of sp³-hybridized carbons (Fsp3) is 0.917. The minimum Gasteiger partial charge on any atom is -0.294 e. The van der Waals surface area contributed by atoms with Crippen LogP contribution in [0.3, 0.4) is 0 Å². The van der Waals surface area contributed by atoms with Gasteiger partial charge in [0, 0.05) is 12.3 Å². The fourth-order valence-corrected chi connectivity index (χ4v) is 1.83. The minimum absolute atomic E-state index is 0.628. The highest BCUT2D eigenvalue weighted by Crippen LogP contribution is 2.23. The zero-order chi connectivity index (χ0) is 9.68. The second kappa shape index (κ2) is 5.41. The number of aliphatic imine (C=N–C) groups is 1. The highest BCUT2D eigenvalue weighted by molar-refractivity contribution is 5.83. The number of hydrogen-bond donors (Lipinski definition) is 0. The summed E-state index contributed by atoms with van der Waals surface area (Å²) in [4.78, 5) is 4.66. The third kappa shape index (κ3) is 3.93. The molecule has 1 nitrogen and oxygen atoms in total. The first kappa shape index (κ1) is 10.7. The van der Waals surface area contributed by atoms with E-state index in [0.717, 1.165) is 12.5 Å². The third-order valence-corrected chi connectivity index (χ3v) is 3.16. The molecule has 0 radical (unpaired) electrons. The molecule has 76 valence electrons. The summed E-state index contributed by atoms with van der Waals surface area (Å²) in [5.74, 6) is 1.52. The molecule has 1 aliphatic carbocycles. The molecular weight excluding hydrogens is 158 g/mol. The summed E-state index contributed by atoms with van der Waals surface area (Å²) < 4.78 is 0. The molecule has 0 heterocycles. The summed E-state index contributed by atoms with van der Waals surface area (Å²) >= 11 is 0. The van der Waals surface area contributed by atoms with Crippen molar-refractivity contribution in [1.82, 2.24) is 0 Å². The van der Waals surface area contributed by atoms with Crippen LogP contribution in [0.4, 0.5) is 0 Å². The molecule has 13 heavy (non-hydrogen) atoms. The molecule has 0 saturated heterocycles. The molecule has 0 amide bonds. The molecule has 1 fully saturated rings. The molecule has 0 bridgehead atoms. The van der Waals surface area contributed by atoms with Gasteiger partial charge in [0.25, 0.3) is 0 Å². The molecule has 0 aromatic rings. The van der Waals surface area contributed by atoms with Gasteiger partial charge in [-0.05, 0) is 31.6 Å². The quantitative estimate of drug-likeness (QED) is 0.589. The minimum atomic E-state index is 0.628. The Balaban J connectivity index is 2.27. The maximum absolute atomic E-state index is 4.66. The van der Waals surface area contributed by atoms with E-state index in [2.05, 4.69) is 25.8 Å². The van der Waals surface area contributed by atoms with Crippen LogP contribution in [0.5, 0.6) is 0 Å². The smallest absolute Gasteiger partial charge is 0.0416 e. The van der Waals surface area contributed by atoms with Gasteiger partial charge < -0.3 is 0 Å². The van der Waals surface area contributed by atoms with Crippen molar-refractivity contribution in [3.63, 3.8) is 0 Å². The molecule has 1 aliphatic rings. The van der Waals surface area contributed by atoms with Crippen LogP contribution in [-0.2, 0) is 0 Å². The summed E-state index contributed by atoms with van der Waals surface area (Å²) in [6.07, 6.45) is 7.13. The van der Waals surface area contributed by atoms with Crippen LogP contribution in [0.15, 0.2) is 4.99 Å². The summed E-state index contributed by atoms with van der Waals surface area (Å²) in [7, 11) is 0. The first-order valence-corrected chi connectivity index (χ1v) is 5.71. The largest absolute Gasteiger partial charge is 0.294 e. The van der Waals surface area contributed by atoms with Crippen molar-refractivity contribution >= 4 is 5.71 Å². The second-order valence-corrected chi connectivity index (χ2v) is 4.64. The molecule has 1 rings (SSSR count). The highest BCUT2D eigenvalue weighted by atomic mass is 14.7. The van der Waals surface area contributed by atoms with E-state index in [0.29, 0.717) is 5.92 Å². The van der Waals surface area contributed by atoms with Gasteiger partial charge in [-0.25, -0.2) is 0 Å². The number of hydrogen-bond acceptors (Lipinski definition) is 1. The Kier molecular flexibility index (Phi) is 4.47. The zero-order valence-electron chi connectivity index (χ0n) is 9.34. The Morgan fingerprint density at radius 1 is 1.23 bits per heavy atom. The molecular formula is C12H23N. The fourth-order valence-electron chi connectivity index (χ4n) is 1.83. The monoisotopic (exact) mass is 181 g/mol. The van der Waals surface area contributed by atoms with Gasteiger partial charge >= 0.3 is 0 Å². The van der Waals surface area contributed by atoms with Crippen LogP contribution in [0, 0.1) is 11.8 Å². The first-order chi connectivity index (χ1) is 6.20. The van der Waals surface area contributed by atoms with Gasteiger partial charge in [0.05, 0.1) is 0 Å². The van der Waals surface area contributed by atoms with E-state index in [4.69, 9.17) is 0 Å². The van der Waals surface area contributed by atoms with Gasteiger partial charge in [-0.15, -0.1) is 0 Å². The van der Waals surface area contributed by atoms with Gasteiger partial charge in [-0.3, -0.25) is 4.99 Å². The topological polar surface area (TPSA) is 12.4 Å². The van der Waals surface area contributed by atoms with Gasteiger partial charge in [0.15, 0.2) is 0 Å². The van der Waals surface area contributed by atoms with Crippen molar-refractivity contribution in [3.8, 4) is 0 Å². The molecule has 1 saturated carbocycles. The third-order valence-electron chi connectivity index (χ3n) is 3.16. The SMILES string of the molecule is CC(=NCC1CCCCC1)C(C)C. The predicted octanol–water partition coefficient (Wildman–Crippen LogP) is 3.68. The van der Waals surface area contributed by atoms with E-state index >= 15 is 0 Å². The lowest BCUT2D eigenvalue weighted by Crippen LogP contribution is -2.12. The Hall–Kier alpha value is -0.330. The van der Waals surface area contributed by atoms with Crippen LogP contribution >= 0.6 is 0 Å². The molecule has 0 aliphatic heterocycles. The Labute approximate surface area is 82.6 Å². The lowest BCUT2D eigenvalue weighted by Gasteiger charge is -2.20. The molecule has 1 heteroatoms. The van der Waals surface area contributed by atoms with E-state index in [1.165, 1.54) is 37.8 Å². The van der Waals surface area contributed by atoms with Crippen molar-refractivity contribution in [1.29, 1.82) is 0 Å². The standard InChI is InChI=1S/C12H23N/c1-10(2)11(3)13-9-12-7-5-4-6-8-12/h10,12H,4-9H2,1-3H3. The van der Waals surface area contributed by atoms with Gasteiger partial charge in [0.1, 0.15) is 0 Å². The van der Waals surface area contributed by atoms with Crippen LogP contribution in [0.1, 0.15) is 52.9 Å². The molecule has 0 spiro atoms. The number of rotatable bonds is 3. The average molecular weight is 181 g/mol. The number of nitrogens with zero attached hydrogens (tertiary/aromatic N) is 1. The zero-order valence-corrected chi connectivity index (χ0v) is 9.34. The van der Waals surface area contributed by atoms with Crippen LogP contribution in [0.2, 0.25) is 0 Å². The van der Waals surface area contributed by atoms with Gasteiger partial charge in [-0.1, -0.05) is 33.1 Å². The molecule has 0 atom stereocenters. The van der Waals surface area contributed by atoms with Crippen LogP contribution < -0.4 is 0 Å². The summed E-state index contributed by atoms with van der Waals surface area (Å²) in [5.41, 5.74) is 1.32. The summed E-state index contributed by atoms with van der Waals surface area (Å²) in [5, 5.41) is 0. The van der Waals surface area contributed by atoms with E-state index in [-0.39, 0.29) is 0 Å². The van der Waals surface area contributed by atoms with E-state index in [1.807, 2.05) is 0 Å². The van der Waals surface area contributed by atoms with Crippen molar-refractivity contribution in [2.75, 3.05) is 6.54 Å². The first-order valence-electron chi connectivity index (χ1n) is 5.71. The summed E-state index contributed by atoms with van der Waals surface area (Å²) in [6.45, 7) is 7.69. The van der Waals surface area contributed by atoms with Gasteiger partial charge in [0.2, 0.25) is 0 Å². The Morgan fingerprint density at radius 3 is 2.38 bits per heavy atom. The van der Waals surface area contributed by atoms with Crippen LogP contribution in [-0.4, -0.2) is 12.3 Å². The lowest BCUT2D eigenvalue weighted by molar-refractivity contribution is 0.366. The molecule has 0 unspecified atom stereocenters. The van der Waals surface area contributed by atoms with Gasteiger partial charge in [-0.2, -0.15) is 0 Å². The lowest BCUT2D eigenvalue weighted by atomic mass is 9.89. The predicted molar refractivity (Wildman–Crippen MR) is 59.4 cm³/mol. The van der Waals surface area contributed by atoms with E-state index in [9.17, 15) is 0 Å². The maximum atomic E-state index is 4.66. The maximum Gasteiger partial charge on any atom is 0.0416 e. The van der Waals surface area contributed by atoms with Crippen molar-refractivity contribution in [3.05, 3.63) is 0 Å². The molecule has 0 aromatic heterocycles. The highest BCUT2D eigenvalue weighted by Gasteiger charge is 2.12. The van der Waals surface area contributed by atoms with Crippen molar-refractivity contribution in [2.24, 2.45) is 16.8 Å². The van der Waals surface area contributed by atoms with Crippen molar-refractivity contribution in [2.45, 2.75) is 52.9 Å². The van der Waals surface area contributed by atoms with E-state index < -0.39 is 0 Å². The van der Waals surface area contributed by atoms with E-state index in [1.54, 1.807) is 0 Å². The Morgan fingerprint density at radius 2 is 1.85 bits per heavy atom. The van der Waals surface area contributed by atoms with Crippen LogP contribution in [0.25, 0.3) is 0 Å². The summed E-state index contributed by atoms with van der Waals surface area (Å²) in [6, 6.07) is 0.